The molecule has 0 aromatic carbocycles. The van der Waals surface area contributed by atoms with Crippen molar-refractivity contribution in [2.24, 2.45) is 5.41 Å². The van der Waals surface area contributed by atoms with Gasteiger partial charge in [0.05, 0.1) is 31.3 Å². The van der Waals surface area contributed by atoms with Gasteiger partial charge in [0.25, 0.3) is 0 Å². The summed E-state index contributed by atoms with van der Waals surface area (Å²) in [5.74, 6) is 0. The number of unbranched alkanes of at least 4 members (excludes halogenated alkanes) is 20. The third kappa shape index (κ3) is 21.9. The van der Waals surface area contributed by atoms with Gasteiger partial charge in [0, 0.05) is 6.61 Å². The molecule has 0 saturated heterocycles. The SMILES string of the molecule is CCCCCCCCCCCCCOC(CCCCCCCCCCCCC)C(CO)(CO)COP(O)O. The minimum Gasteiger partial charge on any atom is -0.396 e. The van der Waals surface area contributed by atoms with Crippen LogP contribution in [0.25, 0.3) is 0 Å². The van der Waals surface area contributed by atoms with E-state index < -0.39 is 14.0 Å². The van der Waals surface area contributed by atoms with Crippen LogP contribution >= 0.6 is 8.60 Å². The average molecular weight is 565 g/mol. The summed E-state index contributed by atoms with van der Waals surface area (Å²) < 4.78 is 11.3. The van der Waals surface area contributed by atoms with E-state index in [0.29, 0.717) is 6.61 Å². The molecule has 0 amide bonds. The van der Waals surface area contributed by atoms with Gasteiger partial charge in [-0.25, -0.2) is 0 Å². The summed E-state index contributed by atoms with van der Waals surface area (Å²) in [6.45, 7) is 4.35. The highest BCUT2D eigenvalue weighted by atomic mass is 31.2. The second-order valence-corrected chi connectivity index (χ2v) is 12.2. The van der Waals surface area contributed by atoms with Crippen LogP contribution in [0.3, 0.4) is 0 Å². The molecule has 0 aliphatic heterocycles. The highest BCUT2D eigenvalue weighted by Gasteiger charge is 2.39. The molecule has 230 valence electrons. The van der Waals surface area contributed by atoms with E-state index in [9.17, 15) is 20.0 Å². The topological polar surface area (TPSA) is 99.4 Å². The first kappa shape index (κ1) is 38.2. The molecule has 0 heterocycles. The molecule has 1 unspecified atom stereocenters. The fraction of sp³-hybridized carbons (Fsp3) is 1.00. The summed E-state index contributed by atoms with van der Waals surface area (Å²) >= 11 is 0. The van der Waals surface area contributed by atoms with Gasteiger partial charge in [0.15, 0.2) is 0 Å². The first-order valence-electron chi connectivity index (χ1n) is 16.2. The molecule has 6 nitrogen and oxygen atoms in total. The van der Waals surface area contributed by atoms with Gasteiger partial charge in [-0.3, -0.25) is 0 Å². The van der Waals surface area contributed by atoms with Crippen LogP contribution in [0.5, 0.6) is 0 Å². The van der Waals surface area contributed by atoms with E-state index in [1.165, 1.54) is 116 Å². The average Bonchev–Trinajstić information content (AvgIpc) is 2.92. The van der Waals surface area contributed by atoms with Gasteiger partial charge < -0.3 is 29.3 Å². The lowest BCUT2D eigenvalue weighted by molar-refractivity contribution is -0.114. The fourth-order valence-electron chi connectivity index (χ4n) is 5.18. The van der Waals surface area contributed by atoms with E-state index in [1.54, 1.807) is 0 Å². The Balaban J connectivity index is 4.31. The van der Waals surface area contributed by atoms with Crippen LogP contribution in [0.4, 0.5) is 0 Å². The van der Waals surface area contributed by atoms with E-state index in [1.807, 2.05) is 0 Å². The summed E-state index contributed by atoms with van der Waals surface area (Å²) in [7, 11) is -2.54. The van der Waals surface area contributed by atoms with E-state index in [2.05, 4.69) is 13.8 Å². The van der Waals surface area contributed by atoms with Crippen molar-refractivity contribution in [3.63, 3.8) is 0 Å². The Morgan fingerprint density at radius 1 is 0.553 bits per heavy atom. The minimum absolute atomic E-state index is 0.125. The summed E-state index contributed by atoms with van der Waals surface area (Å²) in [5.41, 5.74) is -1.03. The second-order valence-electron chi connectivity index (χ2n) is 11.4. The lowest BCUT2D eigenvalue weighted by Gasteiger charge is -2.37. The van der Waals surface area contributed by atoms with Gasteiger partial charge >= 0.3 is 8.60 Å². The monoisotopic (exact) mass is 564 g/mol. The number of ether oxygens (including phenoxy) is 1. The van der Waals surface area contributed by atoms with Crippen molar-refractivity contribution in [1.29, 1.82) is 0 Å². The van der Waals surface area contributed by atoms with Gasteiger partial charge in [0.1, 0.15) is 0 Å². The first-order chi connectivity index (χ1) is 18.6. The summed E-state index contributed by atoms with van der Waals surface area (Å²) in [6, 6.07) is 0. The van der Waals surface area contributed by atoms with Gasteiger partial charge in [0.2, 0.25) is 0 Å². The Bertz CT molecular complexity index is 462. The lowest BCUT2D eigenvalue weighted by Crippen LogP contribution is -2.47. The molecule has 0 aromatic rings. The van der Waals surface area contributed by atoms with Crippen LogP contribution in [0.15, 0.2) is 0 Å². The van der Waals surface area contributed by atoms with Gasteiger partial charge in [-0.15, -0.1) is 0 Å². The molecule has 38 heavy (non-hydrogen) atoms. The smallest absolute Gasteiger partial charge is 0.327 e. The van der Waals surface area contributed by atoms with Gasteiger partial charge in [-0.05, 0) is 12.8 Å². The molecule has 0 rings (SSSR count). The van der Waals surface area contributed by atoms with Crippen LogP contribution in [0, 0.1) is 5.41 Å². The zero-order valence-corrected chi connectivity index (χ0v) is 26.1. The van der Waals surface area contributed by atoms with Crippen LogP contribution in [-0.2, 0) is 9.26 Å². The van der Waals surface area contributed by atoms with Gasteiger partial charge in [-0.1, -0.05) is 149 Å². The van der Waals surface area contributed by atoms with Crippen molar-refractivity contribution in [3.05, 3.63) is 0 Å². The van der Waals surface area contributed by atoms with E-state index in [0.717, 1.165) is 32.1 Å². The highest BCUT2D eigenvalue weighted by molar-refractivity contribution is 7.39. The molecular formula is C31H65O6P. The summed E-state index contributed by atoms with van der Waals surface area (Å²) in [6.07, 6.45) is 28.3. The van der Waals surface area contributed by atoms with E-state index in [-0.39, 0.29) is 25.9 Å². The molecule has 0 spiro atoms. The molecule has 0 aliphatic rings. The largest absolute Gasteiger partial charge is 0.396 e. The fourth-order valence-corrected chi connectivity index (χ4v) is 5.55. The van der Waals surface area contributed by atoms with Crippen molar-refractivity contribution in [2.75, 3.05) is 26.4 Å². The van der Waals surface area contributed by atoms with E-state index in [4.69, 9.17) is 9.26 Å². The van der Waals surface area contributed by atoms with Gasteiger partial charge in [-0.2, -0.15) is 0 Å². The predicted molar refractivity (Wildman–Crippen MR) is 161 cm³/mol. The second kappa shape index (κ2) is 28.7. The highest BCUT2D eigenvalue weighted by Crippen LogP contribution is 2.34. The van der Waals surface area contributed by atoms with Crippen molar-refractivity contribution in [2.45, 2.75) is 168 Å². The van der Waals surface area contributed by atoms with Crippen molar-refractivity contribution in [1.82, 2.24) is 0 Å². The molecule has 1 atom stereocenters. The lowest BCUT2D eigenvalue weighted by atomic mass is 9.81. The quantitative estimate of drug-likeness (QED) is 0.0497. The van der Waals surface area contributed by atoms with Crippen LogP contribution in [0.2, 0.25) is 0 Å². The molecular weight excluding hydrogens is 499 g/mol. The van der Waals surface area contributed by atoms with Crippen molar-refractivity contribution >= 4 is 8.60 Å². The zero-order chi connectivity index (χ0) is 28.2. The number of rotatable bonds is 31. The molecule has 7 heteroatoms. The minimum atomic E-state index is -2.54. The Kier molecular flexibility index (Phi) is 28.9. The first-order valence-corrected chi connectivity index (χ1v) is 17.4. The Hall–Kier alpha value is 0.190. The van der Waals surface area contributed by atoms with Crippen molar-refractivity contribution in [3.8, 4) is 0 Å². The summed E-state index contributed by atoms with van der Waals surface area (Å²) in [4.78, 5) is 18.5. The Morgan fingerprint density at radius 2 is 0.921 bits per heavy atom. The standard InChI is InChI=1S/C31H65O6P/c1-3-5-7-9-11-13-15-17-19-21-23-25-30(31(27-32,28-33)29-37-38(34)35)36-26-24-22-20-18-16-14-12-10-8-6-4-2/h30,32-35H,3-29H2,1-2H3. The predicted octanol–water partition coefficient (Wildman–Crippen LogP) is 8.58. The maximum atomic E-state index is 10.2. The molecule has 0 saturated carbocycles. The third-order valence-corrected chi connectivity index (χ3v) is 8.28. The number of hydrogen-bond donors (Lipinski definition) is 4. The molecule has 4 N–H and O–H groups in total. The Morgan fingerprint density at radius 3 is 1.29 bits per heavy atom. The van der Waals surface area contributed by atoms with E-state index >= 15 is 0 Å². The number of aliphatic hydroxyl groups is 2. The number of aliphatic hydroxyl groups excluding tert-OH is 2. The molecule has 0 radical (unpaired) electrons. The normalized spacial score (nSPS) is 13.0. The van der Waals surface area contributed by atoms with Crippen LogP contribution in [-0.4, -0.2) is 52.5 Å². The molecule has 0 fully saturated rings. The maximum Gasteiger partial charge on any atom is 0.327 e. The van der Waals surface area contributed by atoms with Crippen LogP contribution < -0.4 is 0 Å². The van der Waals surface area contributed by atoms with Crippen molar-refractivity contribution < 1.29 is 29.3 Å². The zero-order valence-electron chi connectivity index (χ0n) is 25.2. The molecule has 0 aromatic heterocycles. The third-order valence-electron chi connectivity index (χ3n) is 7.92. The van der Waals surface area contributed by atoms with Crippen LogP contribution in [0.1, 0.15) is 162 Å². The maximum absolute atomic E-state index is 10.2. The molecule has 0 bridgehead atoms. The number of hydrogen-bond acceptors (Lipinski definition) is 6. The molecule has 0 aliphatic carbocycles. The summed E-state index contributed by atoms with van der Waals surface area (Å²) in [5, 5.41) is 20.3. The Labute approximate surface area is 237 Å².